The maximum absolute atomic E-state index is 13.0. The largest absolute Gasteiger partial charge is 0.347 e. The van der Waals surface area contributed by atoms with Crippen LogP contribution in [0.15, 0.2) is 71.7 Å². The molecule has 0 saturated carbocycles. The van der Waals surface area contributed by atoms with Crippen molar-refractivity contribution < 1.29 is 9.59 Å². The Kier molecular flexibility index (Phi) is 6.76. The number of carbonyl (C=O) groups excluding carboxylic acids is 2. The van der Waals surface area contributed by atoms with Gasteiger partial charge in [-0.3, -0.25) is 14.3 Å². The van der Waals surface area contributed by atoms with Crippen LogP contribution >= 0.6 is 15.9 Å². The molecule has 0 aliphatic carbocycles. The van der Waals surface area contributed by atoms with Crippen molar-refractivity contribution in [2.45, 2.75) is 25.4 Å². The summed E-state index contributed by atoms with van der Waals surface area (Å²) in [6.45, 7) is 1.66. The minimum atomic E-state index is -0.196. The van der Waals surface area contributed by atoms with Crippen molar-refractivity contribution in [1.29, 1.82) is 0 Å². The molecule has 0 spiro atoms. The SMILES string of the molecule is O=C(NC(Cn1cncn1)c1ccccc1)C1CCN(C(=O)c2ccc(Br)cc2)CC1. The van der Waals surface area contributed by atoms with E-state index < -0.39 is 0 Å². The van der Waals surface area contributed by atoms with Crippen LogP contribution in [0.3, 0.4) is 0 Å². The van der Waals surface area contributed by atoms with Crippen molar-refractivity contribution in [3.8, 4) is 0 Å². The predicted octanol–water partition coefficient (Wildman–Crippen LogP) is 3.45. The molecular formula is C23H24BrN5O2. The number of nitrogens with one attached hydrogen (secondary N) is 1. The molecule has 8 heteroatoms. The minimum absolute atomic E-state index is 0.0136. The van der Waals surface area contributed by atoms with Crippen molar-refractivity contribution in [1.82, 2.24) is 25.0 Å². The van der Waals surface area contributed by atoms with Crippen LogP contribution in [-0.4, -0.2) is 44.6 Å². The highest BCUT2D eigenvalue weighted by atomic mass is 79.9. The first-order valence-electron chi connectivity index (χ1n) is 10.3. The van der Waals surface area contributed by atoms with Crippen LogP contribution in [0.1, 0.15) is 34.8 Å². The normalized spacial score (nSPS) is 15.5. The quantitative estimate of drug-likeness (QED) is 0.584. The van der Waals surface area contributed by atoms with Gasteiger partial charge in [0.25, 0.3) is 5.91 Å². The fraction of sp³-hybridized carbons (Fsp3) is 0.304. The number of carbonyl (C=O) groups is 2. The van der Waals surface area contributed by atoms with Gasteiger partial charge in [-0.05, 0) is 42.7 Å². The van der Waals surface area contributed by atoms with Crippen molar-refractivity contribution >= 4 is 27.7 Å². The fourth-order valence-corrected chi connectivity index (χ4v) is 4.11. The third-order valence-corrected chi connectivity index (χ3v) is 6.13. The molecule has 3 aromatic rings. The average Bonchev–Trinajstić information content (AvgIpc) is 3.32. The third-order valence-electron chi connectivity index (χ3n) is 5.60. The van der Waals surface area contributed by atoms with Crippen LogP contribution in [0, 0.1) is 5.92 Å². The van der Waals surface area contributed by atoms with Gasteiger partial charge in [0.05, 0.1) is 12.6 Å². The predicted molar refractivity (Wildman–Crippen MR) is 120 cm³/mol. The molecule has 1 aromatic heterocycles. The average molecular weight is 482 g/mol. The number of piperidine rings is 1. The number of aromatic nitrogens is 3. The highest BCUT2D eigenvalue weighted by molar-refractivity contribution is 9.10. The summed E-state index contributed by atoms with van der Waals surface area (Å²) >= 11 is 3.39. The first-order valence-corrected chi connectivity index (χ1v) is 11.1. The third kappa shape index (κ3) is 5.38. The van der Waals surface area contributed by atoms with E-state index in [1.807, 2.05) is 59.5 Å². The number of benzene rings is 2. The number of nitrogens with zero attached hydrogens (tertiary/aromatic N) is 4. The molecule has 1 N–H and O–H groups in total. The number of hydrogen-bond donors (Lipinski definition) is 1. The maximum atomic E-state index is 13.0. The summed E-state index contributed by atoms with van der Waals surface area (Å²) in [5.41, 5.74) is 1.69. The summed E-state index contributed by atoms with van der Waals surface area (Å²) in [5, 5.41) is 7.36. The molecule has 1 saturated heterocycles. The fourth-order valence-electron chi connectivity index (χ4n) is 3.84. The number of amides is 2. The van der Waals surface area contributed by atoms with E-state index in [0.717, 1.165) is 10.0 Å². The number of halogens is 1. The van der Waals surface area contributed by atoms with E-state index in [2.05, 4.69) is 31.3 Å². The van der Waals surface area contributed by atoms with E-state index in [0.29, 0.717) is 38.0 Å². The highest BCUT2D eigenvalue weighted by Crippen LogP contribution is 2.22. The summed E-state index contributed by atoms with van der Waals surface area (Å²) in [6.07, 6.45) is 4.44. The first kappa shape index (κ1) is 21.2. The molecule has 160 valence electrons. The lowest BCUT2D eigenvalue weighted by molar-refractivity contribution is -0.127. The van der Waals surface area contributed by atoms with E-state index in [-0.39, 0.29) is 23.8 Å². The van der Waals surface area contributed by atoms with Gasteiger partial charge in [0.1, 0.15) is 12.7 Å². The second kappa shape index (κ2) is 9.87. The first-order chi connectivity index (χ1) is 15.1. The molecule has 1 atom stereocenters. The van der Waals surface area contributed by atoms with Crippen LogP contribution in [0.4, 0.5) is 0 Å². The zero-order valence-corrected chi connectivity index (χ0v) is 18.6. The molecule has 2 amide bonds. The second-order valence-corrected chi connectivity index (χ2v) is 8.58. The molecule has 1 aliphatic heterocycles. The lowest BCUT2D eigenvalue weighted by Crippen LogP contribution is -2.44. The second-order valence-electron chi connectivity index (χ2n) is 7.66. The molecule has 1 fully saturated rings. The van der Waals surface area contributed by atoms with Gasteiger partial charge >= 0.3 is 0 Å². The van der Waals surface area contributed by atoms with Gasteiger partial charge in [0.2, 0.25) is 5.91 Å². The van der Waals surface area contributed by atoms with Crippen molar-refractivity contribution in [3.63, 3.8) is 0 Å². The van der Waals surface area contributed by atoms with Crippen LogP contribution < -0.4 is 5.32 Å². The summed E-state index contributed by atoms with van der Waals surface area (Å²) in [6, 6.07) is 17.1. The van der Waals surface area contributed by atoms with Gasteiger partial charge in [-0.15, -0.1) is 0 Å². The Labute approximate surface area is 189 Å². The van der Waals surface area contributed by atoms with Crippen molar-refractivity contribution in [2.75, 3.05) is 13.1 Å². The monoisotopic (exact) mass is 481 g/mol. The van der Waals surface area contributed by atoms with Gasteiger partial charge in [-0.1, -0.05) is 46.3 Å². The highest BCUT2D eigenvalue weighted by Gasteiger charge is 2.29. The Morgan fingerprint density at radius 2 is 1.77 bits per heavy atom. The smallest absolute Gasteiger partial charge is 0.253 e. The molecule has 7 nitrogen and oxygen atoms in total. The molecule has 1 aliphatic rings. The standard InChI is InChI=1S/C23H24BrN5O2/c24-20-8-6-19(7-9-20)23(31)28-12-10-18(11-13-28)22(30)27-21(14-29-16-25-15-26-29)17-4-2-1-3-5-17/h1-9,15-16,18,21H,10-14H2,(H,27,30). The topological polar surface area (TPSA) is 80.1 Å². The van der Waals surface area contributed by atoms with Gasteiger partial charge in [-0.2, -0.15) is 5.10 Å². The van der Waals surface area contributed by atoms with E-state index in [1.165, 1.54) is 6.33 Å². The Balaban J connectivity index is 1.36. The molecule has 1 unspecified atom stereocenters. The maximum Gasteiger partial charge on any atom is 0.253 e. The Bertz CT molecular complexity index is 1000. The zero-order valence-electron chi connectivity index (χ0n) is 17.0. The molecular weight excluding hydrogens is 458 g/mol. The zero-order chi connectivity index (χ0) is 21.6. The lowest BCUT2D eigenvalue weighted by atomic mass is 9.94. The summed E-state index contributed by atoms with van der Waals surface area (Å²) in [5.74, 6) is -0.0830. The Morgan fingerprint density at radius 3 is 2.42 bits per heavy atom. The van der Waals surface area contributed by atoms with Gasteiger partial charge < -0.3 is 10.2 Å². The van der Waals surface area contributed by atoms with Crippen LogP contribution in [0.2, 0.25) is 0 Å². The van der Waals surface area contributed by atoms with E-state index >= 15 is 0 Å². The molecule has 4 rings (SSSR count). The van der Waals surface area contributed by atoms with Crippen LogP contribution in [0.5, 0.6) is 0 Å². The van der Waals surface area contributed by atoms with Crippen molar-refractivity contribution in [2.24, 2.45) is 5.92 Å². The molecule has 2 heterocycles. The summed E-state index contributed by atoms with van der Waals surface area (Å²) in [4.78, 5) is 31.6. The number of hydrogen-bond acceptors (Lipinski definition) is 4. The van der Waals surface area contributed by atoms with Crippen LogP contribution in [0.25, 0.3) is 0 Å². The van der Waals surface area contributed by atoms with E-state index in [1.54, 1.807) is 11.0 Å². The lowest BCUT2D eigenvalue weighted by Gasteiger charge is -2.32. The van der Waals surface area contributed by atoms with Crippen molar-refractivity contribution in [3.05, 3.63) is 82.9 Å². The molecule has 0 radical (unpaired) electrons. The molecule has 0 bridgehead atoms. The minimum Gasteiger partial charge on any atom is -0.347 e. The van der Waals surface area contributed by atoms with Gasteiger partial charge in [0, 0.05) is 29.0 Å². The Hall–Kier alpha value is -3.00. The van der Waals surface area contributed by atoms with E-state index in [4.69, 9.17) is 0 Å². The number of likely N-dealkylation sites (tertiary alicyclic amines) is 1. The van der Waals surface area contributed by atoms with Crippen LogP contribution in [-0.2, 0) is 11.3 Å². The Morgan fingerprint density at radius 1 is 1.06 bits per heavy atom. The summed E-state index contributed by atoms with van der Waals surface area (Å²) in [7, 11) is 0. The molecule has 31 heavy (non-hydrogen) atoms. The molecule has 2 aromatic carbocycles. The van der Waals surface area contributed by atoms with Gasteiger partial charge in [0.15, 0.2) is 0 Å². The van der Waals surface area contributed by atoms with E-state index in [9.17, 15) is 9.59 Å². The number of rotatable bonds is 6. The summed E-state index contributed by atoms with van der Waals surface area (Å²) < 4.78 is 2.66. The van der Waals surface area contributed by atoms with Gasteiger partial charge in [-0.25, -0.2) is 4.98 Å².